The molecule has 0 atom stereocenters. The van der Waals surface area contributed by atoms with E-state index in [2.05, 4.69) is 20.4 Å². The van der Waals surface area contributed by atoms with E-state index < -0.39 is 0 Å². The number of hydrogen-bond acceptors (Lipinski definition) is 5. The fourth-order valence-electron chi connectivity index (χ4n) is 1.03. The first kappa shape index (κ1) is 9.32. The van der Waals surface area contributed by atoms with Crippen molar-refractivity contribution in [3.8, 4) is 0 Å². The van der Waals surface area contributed by atoms with Crippen LogP contribution in [0.4, 0.5) is 5.82 Å². The van der Waals surface area contributed by atoms with Gasteiger partial charge in [-0.2, -0.15) is 0 Å². The molecule has 0 spiro atoms. The molecule has 76 valence electrons. The summed E-state index contributed by atoms with van der Waals surface area (Å²) in [7, 11) is 0. The Kier molecular flexibility index (Phi) is 2.40. The van der Waals surface area contributed by atoms with E-state index in [1.54, 1.807) is 13.0 Å². The van der Waals surface area contributed by atoms with Crippen LogP contribution in [-0.2, 0) is 0 Å². The van der Waals surface area contributed by atoms with Crippen molar-refractivity contribution in [3.63, 3.8) is 0 Å². The Morgan fingerprint density at radius 3 is 3.00 bits per heavy atom. The van der Waals surface area contributed by atoms with Crippen LogP contribution in [0.1, 0.15) is 16.2 Å². The van der Waals surface area contributed by atoms with Gasteiger partial charge in [0.05, 0.1) is 0 Å². The second kappa shape index (κ2) is 3.87. The topological polar surface area (TPSA) is 80.9 Å². The molecule has 15 heavy (non-hydrogen) atoms. The number of nitrogens with one attached hydrogen (secondary N) is 1. The van der Waals surface area contributed by atoms with E-state index in [0.29, 0.717) is 11.6 Å². The van der Waals surface area contributed by atoms with Crippen molar-refractivity contribution in [2.75, 3.05) is 5.32 Å². The largest absolute Gasteiger partial charge is 0.360 e. The van der Waals surface area contributed by atoms with Gasteiger partial charge in [-0.05, 0) is 13.0 Å². The van der Waals surface area contributed by atoms with Gasteiger partial charge in [0.2, 0.25) is 0 Å². The van der Waals surface area contributed by atoms with Crippen LogP contribution < -0.4 is 5.32 Å². The van der Waals surface area contributed by atoms with Gasteiger partial charge >= 0.3 is 0 Å². The van der Waals surface area contributed by atoms with Gasteiger partial charge in [-0.1, -0.05) is 5.16 Å². The quantitative estimate of drug-likeness (QED) is 0.789. The Hall–Kier alpha value is -2.24. The molecule has 0 radical (unpaired) electrons. The van der Waals surface area contributed by atoms with Gasteiger partial charge < -0.3 is 9.84 Å². The lowest BCUT2D eigenvalue weighted by Gasteiger charge is -1.98. The number of carbonyl (C=O) groups is 1. The van der Waals surface area contributed by atoms with Gasteiger partial charge in [0, 0.05) is 12.3 Å². The summed E-state index contributed by atoms with van der Waals surface area (Å²) in [5, 5.41) is 6.18. The molecule has 0 aliphatic heterocycles. The second-order valence-corrected chi connectivity index (χ2v) is 2.87. The normalized spacial score (nSPS) is 9.93. The minimum absolute atomic E-state index is 0.283. The minimum atomic E-state index is -0.342. The summed E-state index contributed by atoms with van der Waals surface area (Å²) in [6.45, 7) is 1.74. The van der Waals surface area contributed by atoms with Crippen LogP contribution in [0.25, 0.3) is 0 Å². The van der Waals surface area contributed by atoms with E-state index in [9.17, 15) is 4.79 Å². The maximum absolute atomic E-state index is 11.5. The third-order valence-electron chi connectivity index (χ3n) is 1.68. The molecule has 0 saturated carbocycles. The number of hydrogen-bond donors (Lipinski definition) is 1. The number of amides is 1. The second-order valence-electron chi connectivity index (χ2n) is 2.87. The smallest absolute Gasteiger partial charge is 0.275 e. The molecule has 2 aromatic rings. The highest BCUT2D eigenvalue weighted by Crippen LogP contribution is 2.07. The molecule has 0 fully saturated rings. The third-order valence-corrected chi connectivity index (χ3v) is 1.68. The van der Waals surface area contributed by atoms with Crippen molar-refractivity contribution in [1.29, 1.82) is 0 Å². The molecule has 1 N–H and O–H groups in total. The lowest BCUT2D eigenvalue weighted by atomic mass is 10.4. The highest BCUT2D eigenvalue weighted by Gasteiger charge is 2.09. The fourth-order valence-corrected chi connectivity index (χ4v) is 1.03. The predicted octanol–water partition coefficient (Wildman–Crippen LogP) is 1.03. The van der Waals surface area contributed by atoms with Gasteiger partial charge in [0.15, 0.2) is 5.82 Å². The minimum Gasteiger partial charge on any atom is -0.360 e. The van der Waals surface area contributed by atoms with Crippen LogP contribution in [0.3, 0.4) is 0 Å². The Balaban J connectivity index is 2.11. The van der Waals surface area contributed by atoms with Crippen molar-refractivity contribution in [2.24, 2.45) is 0 Å². The van der Waals surface area contributed by atoms with Crippen molar-refractivity contribution in [3.05, 3.63) is 36.1 Å². The molecule has 2 heterocycles. The molecule has 6 nitrogen and oxygen atoms in total. The van der Waals surface area contributed by atoms with E-state index in [0.717, 1.165) is 0 Å². The summed E-state index contributed by atoms with van der Waals surface area (Å²) < 4.78 is 4.80. The number of carbonyl (C=O) groups excluding carboxylic acids is 1. The summed E-state index contributed by atoms with van der Waals surface area (Å²) >= 11 is 0. The third kappa shape index (κ3) is 2.16. The molecular weight excluding hydrogens is 196 g/mol. The number of anilines is 1. The summed E-state index contributed by atoms with van der Waals surface area (Å²) in [4.78, 5) is 19.1. The molecule has 0 bridgehead atoms. The van der Waals surface area contributed by atoms with Crippen LogP contribution in [-0.4, -0.2) is 21.0 Å². The number of rotatable bonds is 2. The van der Waals surface area contributed by atoms with E-state index in [1.807, 2.05) is 0 Å². The lowest BCUT2D eigenvalue weighted by Crippen LogP contribution is -2.13. The number of aromatic nitrogens is 3. The maximum atomic E-state index is 11.5. The standard InChI is InChI=1S/C9H8N4O2/c1-6-4-8(13-15-6)12-9(14)7-2-3-10-5-11-7/h2-5H,1H3,(H,12,13,14). The summed E-state index contributed by atoms with van der Waals surface area (Å²) in [5.41, 5.74) is 0.283. The van der Waals surface area contributed by atoms with Gasteiger partial charge in [-0.3, -0.25) is 4.79 Å². The van der Waals surface area contributed by atoms with Gasteiger partial charge in [0.25, 0.3) is 5.91 Å². The molecule has 1 amide bonds. The van der Waals surface area contributed by atoms with E-state index in [4.69, 9.17) is 4.52 Å². The van der Waals surface area contributed by atoms with Crippen LogP contribution >= 0.6 is 0 Å². The monoisotopic (exact) mass is 204 g/mol. The Labute approximate surface area is 85.3 Å². The Morgan fingerprint density at radius 2 is 2.40 bits per heavy atom. The molecule has 6 heteroatoms. The molecule has 0 aliphatic rings. The lowest BCUT2D eigenvalue weighted by molar-refractivity contribution is 0.102. The average molecular weight is 204 g/mol. The number of aryl methyl sites for hydroxylation is 1. The molecule has 0 aliphatic carbocycles. The van der Waals surface area contributed by atoms with Crippen LogP contribution in [0, 0.1) is 6.92 Å². The summed E-state index contributed by atoms with van der Waals surface area (Å²) in [6.07, 6.45) is 2.80. The van der Waals surface area contributed by atoms with Gasteiger partial charge in [-0.15, -0.1) is 0 Å². The highest BCUT2D eigenvalue weighted by atomic mass is 16.5. The fraction of sp³-hybridized carbons (Fsp3) is 0.111. The SMILES string of the molecule is Cc1cc(NC(=O)c2ccncn2)no1. The molecule has 2 aromatic heterocycles. The van der Waals surface area contributed by atoms with Crippen molar-refractivity contribution >= 4 is 11.7 Å². The maximum Gasteiger partial charge on any atom is 0.275 e. The van der Waals surface area contributed by atoms with E-state index in [1.165, 1.54) is 18.6 Å². The Morgan fingerprint density at radius 1 is 1.53 bits per heavy atom. The zero-order valence-electron chi connectivity index (χ0n) is 7.97. The van der Waals surface area contributed by atoms with E-state index in [-0.39, 0.29) is 11.6 Å². The molecule has 2 rings (SSSR count). The summed E-state index contributed by atoms with van der Waals surface area (Å²) in [5.74, 6) is 0.662. The average Bonchev–Trinajstić information content (AvgIpc) is 2.65. The highest BCUT2D eigenvalue weighted by molar-refractivity contribution is 6.02. The molecule has 0 unspecified atom stereocenters. The van der Waals surface area contributed by atoms with Crippen molar-refractivity contribution in [2.45, 2.75) is 6.92 Å². The predicted molar refractivity (Wildman–Crippen MR) is 51.2 cm³/mol. The zero-order valence-corrected chi connectivity index (χ0v) is 7.97. The zero-order chi connectivity index (χ0) is 10.7. The van der Waals surface area contributed by atoms with Crippen LogP contribution in [0.5, 0.6) is 0 Å². The molecule has 0 saturated heterocycles. The molecule has 0 aromatic carbocycles. The first-order chi connectivity index (χ1) is 7.25. The number of nitrogens with zero attached hydrogens (tertiary/aromatic N) is 3. The van der Waals surface area contributed by atoms with Crippen LogP contribution in [0.2, 0.25) is 0 Å². The first-order valence-corrected chi connectivity index (χ1v) is 4.26. The van der Waals surface area contributed by atoms with Crippen LogP contribution in [0.15, 0.2) is 29.2 Å². The van der Waals surface area contributed by atoms with Crippen molar-refractivity contribution in [1.82, 2.24) is 15.1 Å². The first-order valence-electron chi connectivity index (χ1n) is 4.26. The van der Waals surface area contributed by atoms with Crippen molar-refractivity contribution < 1.29 is 9.32 Å². The summed E-state index contributed by atoms with van der Waals surface area (Å²) in [6, 6.07) is 3.14. The van der Waals surface area contributed by atoms with Gasteiger partial charge in [0.1, 0.15) is 17.8 Å². The van der Waals surface area contributed by atoms with E-state index >= 15 is 0 Å². The Bertz CT molecular complexity index is 466. The molecular formula is C9H8N4O2. The van der Waals surface area contributed by atoms with Gasteiger partial charge in [-0.25, -0.2) is 9.97 Å².